The summed E-state index contributed by atoms with van der Waals surface area (Å²) >= 11 is 6.02. The number of hydrogen-bond donors (Lipinski definition) is 1. The van der Waals surface area contributed by atoms with E-state index in [-0.39, 0.29) is 16.9 Å². The van der Waals surface area contributed by atoms with Crippen molar-refractivity contribution in [3.8, 4) is 0 Å². The molecule has 2 aromatic rings. The summed E-state index contributed by atoms with van der Waals surface area (Å²) in [7, 11) is 0. The minimum atomic E-state index is -0.599. The summed E-state index contributed by atoms with van der Waals surface area (Å²) < 4.78 is 0. The first-order chi connectivity index (χ1) is 11.5. The number of aliphatic hydroxyl groups is 1. The number of aliphatic hydroxyl groups excluding tert-OH is 1. The van der Waals surface area contributed by atoms with Crippen molar-refractivity contribution in [3.63, 3.8) is 0 Å². The van der Waals surface area contributed by atoms with E-state index in [0.717, 1.165) is 22.6 Å². The molecule has 4 heteroatoms. The molecule has 0 saturated heterocycles. The summed E-state index contributed by atoms with van der Waals surface area (Å²) in [5.74, 6) is -1.21. The molecule has 122 valence electrons. The van der Waals surface area contributed by atoms with Gasteiger partial charge in [-0.25, -0.2) is 0 Å². The van der Waals surface area contributed by atoms with E-state index in [9.17, 15) is 14.7 Å². The minimum Gasteiger partial charge on any atom is -0.507 e. The Morgan fingerprint density at radius 2 is 1.67 bits per heavy atom. The fourth-order valence-electron chi connectivity index (χ4n) is 2.98. The predicted molar refractivity (Wildman–Crippen MR) is 94.5 cm³/mol. The van der Waals surface area contributed by atoms with E-state index in [4.69, 9.17) is 11.6 Å². The topological polar surface area (TPSA) is 54.4 Å². The molecule has 3 rings (SSSR count). The SMILES string of the molecule is Cc1cc(CCCC2=C(O)c3ccccc3C(=O)C2=O)ccc1Cl. The number of rotatable bonds is 4. The van der Waals surface area contributed by atoms with Crippen molar-refractivity contribution >= 4 is 28.9 Å². The highest BCUT2D eigenvalue weighted by atomic mass is 35.5. The molecule has 1 aliphatic carbocycles. The highest BCUT2D eigenvalue weighted by Crippen LogP contribution is 2.30. The van der Waals surface area contributed by atoms with Gasteiger partial charge in [-0.05, 0) is 43.4 Å². The molecule has 0 aromatic heterocycles. The Morgan fingerprint density at radius 3 is 2.38 bits per heavy atom. The largest absolute Gasteiger partial charge is 0.507 e. The van der Waals surface area contributed by atoms with Gasteiger partial charge in [0.05, 0.1) is 0 Å². The number of allylic oxidation sites excluding steroid dienone is 1. The summed E-state index contributed by atoms with van der Waals surface area (Å²) in [5, 5.41) is 11.1. The van der Waals surface area contributed by atoms with Crippen LogP contribution in [0.5, 0.6) is 0 Å². The molecule has 0 unspecified atom stereocenters. The van der Waals surface area contributed by atoms with Crippen LogP contribution in [0.4, 0.5) is 0 Å². The van der Waals surface area contributed by atoms with Gasteiger partial charge >= 0.3 is 0 Å². The number of aryl methyl sites for hydroxylation is 2. The average Bonchev–Trinajstić information content (AvgIpc) is 2.59. The Hall–Kier alpha value is -2.39. The lowest BCUT2D eigenvalue weighted by molar-refractivity contribution is -0.112. The number of benzene rings is 2. The van der Waals surface area contributed by atoms with Crippen LogP contribution in [0, 0.1) is 6.92 Å². The molecule has 0 amide bonds. The van der Waals surface area contributed by atoms with E-state index in [1.165, 1.54) is 0 Å². The average molecular weight is 341 g/mol. The molecule has 0 fully saturated rings. The molecular formula is C20H17ClO3. The molecule has 2 aromatic carbocycles. The normalized spacial score (nSPS) is 14.1. The van der Waals surface area contributed by atoms with E-state index in [1.54, 1.807) is 24.3 Å². The molecular weight excluding hydrogens is 324 g/mol. The van der Waals surface area contributed by atoms with Crippen LogP contribution < -0.4 is 0 Å². The first-order valence-electron chi connectivity index (χ1n) is 7.84. The standard InChI is InChI=1S/C20H17ClO3/c1-12-11-13(9-10-17(12)21)5-4-8-16-18(22)14-6-2-3-7-15(14)19(23)20(16)24/h2-3,6-7,9-11,22H,4-5,8H2,1H3. The molecule has 3 nitrogen and oxygen atoms in total. The highest BCUT2D eigenvalue weighted by Gasteiger charge is 2.31. The van der Waals surface area contributed by atoms with Crippen molar-refractivity contribution in [1.82, 2.24) is 0 Å². The third-order valence-electron chi connectivity index (χ3n) is 4.31. The molecule has 1 aliphatic rings. The minimum absolute atomic E-state index is 0.0671. The van der Waals surface area contributed by atoms with Crippen molar-refractivity contribution in [2.24, 2.45) is 0 Å². The van der Waals surface area contributed by atoms with Crippen molar-refractivity contribution in [1.29, 1.82) is 0 Å². The number of ketones is 2. The predicted octanol–water partition coefficient (Wildman–Crippen LogP) is 4.71. The zero-order chi connectivity index (χ0) is 17.3. The van der Waals surface area contributed by atoms with Gasteiger partial charge in [-0.1, -0.05) is 48.0 Å². The van der Waals surface area contributed by atoms with Gasteiger partial charge < -0.3 is 5.11 Å². The van der Waals surface area contributed by atoms with Crippen LogP contribution in [0.2, 0.25) is 5.02 Å². The number of Topliss-reactive ketones (excluding diaryl/α,β-unsaturated/α-hetero) is 2. The maximum Gasteiger partial charge on any atom is 0.234 e. The molecule has 1 N–H and O–H groups in total. The lowest BCUT2D eigenvalue weighted by atomic mass is 9.86. The van der Waals surface area contributed by atoms with Gasteiger partial charge in [0.2, 0.25) is 11.6 Å². The molecule has 0 saturated carbocycles. The Balaban J connectivity index is 1.78. The summed E-state index contributed by atoms with van der Waals surface area (Å²) in [6, 6.07) is 12.5. The number of fused-ring (bicyclic) bond motifs is 1. The fraction of sp³-hybridized carbons (Fsp3) is 0.200. The summed E-state index contributed by atoms with van der Waals surface area (Å²) in [6.07, 6.45) is 1.78. The van der Waals surface area contributed by atoms with Crippen LogP contribution in [-0.2, 0) is 11.2 Å². The summed E-state index contributed by atoms with van der Waals surface area (Å²) in [4.78, 5) is 24.4. The molecule has 0 atom stereocenters. The monoisotopic (exact) mass is 340 g/mol. The van der Waals surface area contributed by atoms with Crippen molar-refractivity contribution in [2.75, 3.05) is 0 Å². The van der Waals surface area contributed by atoms with Crippen molar-refractivity contribution in [2.45, 2.75) is 26.2 Å². The highest BCUT2D eigenvalue weighted by molar-refractivity contribution is 6.52. The van der Waals surface area contributed by atoms with Gasteiger partial charge in [0, 0.05) is 21.7 Å². The Bertz CT molecular complexity index is 865. The Morgan fingerprint density at radius 1 is 0.958 bits per heavy atom. The number of carbonyl (C=O) groups is 2. The van der Waals surface area contributed by atoms with Gasteiger partial charge in [-0.3, -0.25) is 9.59 Å². The molecule has 0 aliphatic heterocycles. The second-order valence-corrected chi connectivity index (χ2v) is 6.38. The third-order valence-corrected chi connectivity index (χ3v) is 4.73. The van der Waals surface area contributed by atoms with Crippen LogP contribution in [0.25, 0.3) is 5.76 Å². The maximum absolute atomic E-state index is 12.3. The van der Waals surface area contributed by atoms with Crippen molar-refractivity contribution < 1.29 is 14.7 Å². The van der Waals surface area contributed by atoms with Crippen LogP contribution in [0.3, 0.4) is 0 Å². The number of carbonyl (C=O) groups excluding carboxylic acids is 2. The zero-order valence-corrected chi connectivity index (χ0v) is 14.1. The molecule has 0 bridgehead atoms. The van der Waals surface area contributed by atoms with E-state index in [0.29, 0.717) is 18.4 Å². The second-order valence-electron chi connectivity index (χ2n) is 5.97. The fourth-order valence-corrected chi connectivity index (χ4v) is 3.10. The first kappa shape index (κ1) is 16.5. The first-order valence-corrected chi connectivity index (χ1v) is 8.22. The Kier molecular flexibility index (Phi) is 4.54. The van der Waals surface area contributed by atoms with Gasteiger partial charge in [-0.15, -0.1) is 0 Å². The van der Waals surface area contributed by atoms with Gasteiger partial charge in [-0.2, -0.15) is 0 Å². The number of hydrogen-bond acceptors (Lipinski definition) is 3. The third kappa shape index (κ3) is 3.00. The zero-order valence-electron chi connectivity index (χ0n) is 13.3. The molecule has 0 radical (unpaired) electrons. The lowest BCUT2D eigenvalue weighted by Crippen LogP contribution is -2.24. The van der Waals surface area contributed by atoms with E-state index >= 15 is 0 Å². The lowest BCUT2D eigenvalue weighted by Gasteiger charge is -2.17. The molecule has 24 heavy (non-hydrogen) atoms. The van der Waals surface area contributed by atoms with Gasteiger partial charge in [0.25, 0.3) is 0 Å². The van der Waals surface area contributed by atoms with E-state index < -0.39 is 11.6 Å². The quantitative estimate of drug-likeness (QED) is 0.820. The molecule has 0 spiro atoms. The van der Waals surface area contributed by atoms with E-state index in [2.05, 4.69) is 0 Å². The van der Waals surface area contributed by atoms with Crippen LogP contribution >= 0.6 is 11.6 Å². The number of halogens is 1. The van der Waals surface area contributed by atoms with E-state index in [1.807, 2.05) is 25.1 Å². The Labute approximate surface area is 145 Å². The van der Waals surface area contributed by atoms with Gasteiger partial charge in [0.1, 0.15) is 5.76 Å². The van der Waals surface area contributed by atoms with Gasteiger partial charge in [0.15, 0.2) is 0 Å². The maximum atomic E-state index is 12.3. The van der Waals surface area contributed by atoms with Crippen molar-refractivity contribution in [3.05, 3.63) is 75.3 Å². The summed E-state index contributed by atoms with van der Waals surface area (Å²) in [6.45, 7) is 1.94. The smallest absolute Gasteiger partial charge is 0.234 e. The summed E-state index contributed by atoms with van der Waals surface area (Å²) in [5.41, 5.74) is 3.06. The van der Waals surface area contributed by atoms with Crippen LogP contribution in [-0.4, -0.2) is 16.7 Å². The molecule has 0 heterocycles. The van der Waals surface area contributed by atoms with Crippen LogP contribution in [0.1, 0.15) is 39.9 Å². The second kappa shape index (κ2) is 6.62. The van der Waals surface area contributed by atoms with Crippen LogP contribution in [0.15, 0.2) is 48.0 Å².